The quantitative estimate of drug-likeness (QED) is 0.137. The Morgan fingerprint density at radius 3 is 1.64 bits per heavy atom. The number of benzene rings is 10. The Bertz CT molecular complexity index is 4110. The van der Waals surface area contributed by atoms with Gasteiger partial charge in [-0.05, 0) is 140 Å². The predicted octanol–water partition coefficient (Wildman–Crippen LogP) is 19.1. The van der Waals surface area contributed by atoms with Gasteiger partial charge in [-0.3, -0.25) is 4.57 Å². The number of nitrogens with zero attached hydrogens (tertiary/aromatic N) is 4. The molecule has 0 aliphatic carbocycles. The highest BCUT2D eigenvalue weighted by Crippen LogP contribution is 2.51. The van der Waals surface area contributed by atoms with Crippen LogP contribution in [0.1, 0.15) is 26.3 Å². The minimum absolute atomic E-state index is 0.0723. The zero-order chi connectivity index (χ0) is 52.2. The molecule has 0 unspecified atom stereocenters. The number of hydrogen-bond donors (Lipinski definition) is 0. The third-order valence-electron chi connectivity index (χ3n) is 14.7. The third-order valence-corrected chi connectivity index (χ3v) is 14.7. The lowest BCUT2D eigenvalue weighted by molar-refractivity contribution is 0.483. The third kappa shape index (κ3) is 8.95. The Hall–Kier alpha value is -9.59. The Balaban J connectivity index is 0.998. The number of fused-ring (bicyclic) bond motifs is 4. The minimum Gasteiger partial charge on any atom is -0.457 e. The SMILES string of the molecule is CC(C)(C)c1ccnc(-n2c3ccccc3c3ccc(Oc4cc(-c5cc(-c6ccccc6)cc(-c6ccccc6)c5)cc(N5CN(c6c(-c7ccccc7)cccc6-c6cc(F)cc(F)c6)c6ccccc65)c4)cc32)c1. The van der Waals surface area contributed by atoms with Crippen LogP contribution in [0.4, 0.5) is 31.5 Å². The molecule has 0 N–H and O–H groups in total. The van der Waals surface area contributed by atoms with E-state index in [-0.39, 0.29) is 5.41 Å². The van der Waals surface area contributed by atoms with Crippen LogP contribution in [0, 0.1) is 11.6 Å². The fourth-order valence-corrected chi connectivity index (χ4v) is 11.0. The van der Waals surface area contributed by atoms with E-state index in [1.165, 1.54) is 17.7 Å². The van der Waals surface area contributed by atoms with Crippen molar-refractivity contribution < 1.29 is 13.5 Å². The van der Waals surface area contributed by atoms with Gasteiger partial charge in [-0.2, -0.15) is 0 Å². The summed E-state index contributed by atoms with van der Waals surface area (Å²) in [7, 11) is 0. The van der Waals surface area contributed by atoms with Crippen molar-refractivity contribution in [2.24, 2.45) is 0 Å². The largest absolute Gasteiger partial charge is 0.457 e. The van der Waals surface area contributed by atoms with Crippen LogP contribution >= 0.6 is 0 Å². The molecule has 5 nitrogen and oxygen atoms in total. The minimum atomic E-state index is -0.636. The second kappa shape index (κ2) is 19.3. The molecule has 12 aromatic rings. The second-order valence-electron chi connectivity index (χ2n) is 20.7. The van der Waals surface area contributed by atoms with Gasteiger partial charge in [0.25, 0.3) is 0 Å². The fraction of sp³-hybridized carbons (Fsp3) is 0.0714. The summed E-state index contributed by atoms with van der Waals surface area (Å²) in [5.41, 5.74) is 16.3. The summed E-state index contributed by atoms with van der Waals surface area (Å²) in [4.78, 5) is 9.52. The number of ether oxygens (including phenoxy) is 1. The standard InChI is InChI=1S/C70H52F2N4O/c1-70(2,3)54-32-33-73-68(41-54)76-64-27-14-13-24-62(64)63-31-30-58(44-67(63)76)77-59-40-52(51-35-49(46-18-7-4-8-19-46)34-50(36-51)47-20-9-5-10-21-47)39-57(43-59)74-45-75(66-29-16-15-28-65(66)74)69-60(48-22-11-6-12-23-48)25-17-26-61(69)53-37-55(71)42-56(72)38-53/h4-44H,45H2,1-3H3. The molecule has 0 saturated carbocycles. The van der Waals surface area contributed by atoms with Gasteiger partial charge < -0.3 is 14.5 Å². The first-order valence-corrected chi connectivity index (χ1v) is 26.0. The van der Waals surface area contributed by atoms with Gasteiger partial charge in [0.2, 0.25) is 0 Å². The smallest absolute Gasteiger partial charge is 0.137 e. The van der Waals surface area contributed by atoms with Gasteiger partial charge in [-0.25, -0.2) is 13.8 Å². The molecule has 0 amide bonds. The Kier molecular flexibility index (Phi) is 11.8. The van der Waals surface area contributed by atoms with Gasteiger partial charge in [-0.1, -0.05) is 160 Å². The normalized spacial score (nSPS) is 12.4. The van der Waals surface area contributed by atoms with Crippen LogP contribution in [0.25, 0.3) is 83.3 Å². The molecule has 0 atom stereocenters. The fourth-order valence-electron chi connectivity index (χ4n) is 11.0. The summed E-state index contributed by atoms with van der Waals surface area (Å²) >= 11 is 0. The number of hydrogen-bond acceptors (Lipinski definition) is 4. The van der Waals surface area contributed by atoms with E-state index < -0.39 is 11.6 Å². The molecule has 1 aliphatic rings. The van der Waals surface area contributed by atoms with E-state index in [1.807, 2.05) is 54.7 Å². The van der Waals surface area contributed by atoms with E-state index >= 15 is 8.78 Å². The highest BCUT2D eigenvalue weighted by atomic mass is 19.1. The molecule has 0 bridgehead atoms. The monoisotopic (exact) mass is 1000 g/mol. The van der Waals surface area contributed by atoms with Crippen molar-refractivity contribution >= 4 is 44.6 Å². The molecular weight excluding hydrogens is 951 g/mol. The van der Waals surface area contributed by atoms with Crippen LogP contribution in [0.3, 0.4) is 0 Å². The molecule has 3 heterocycles. The van der Waals surface area contributed by atoms with E-state index in [1.54, 1.807) is 0 Å². The summed E-state index contributed by atoms with van der Waals surface area (Å²) in [5.74, 6) is 0.891. The average molecular weight is 1000 g/mol. The number of pyridine rings is 1. The van der Waals surface area contributed by atoms with Crippen molar-refractivity contribution in [1.82, 2.24) is 9.55 Å². The zero-order valence-corrected chi connectivity index (χ0v) is 42.8. The molecule has 2 aromatic heterocycles. The number of anilines is 4. The van der Waals surface area contributed by atoms with Gasteiger partial charge in [0, 0.05) is 52.0 Å². The predicted molar refractivity (Wildman–Crippen MR) is 313 cm³/mol. The lowest BCUT2D eigenvalue weighted by Gasteiger charge is -2.27. The highest BCUT2D eigenvalue weighted by Gasteiger charge is 2.32. The van der Waals surface area contributed by atoms with E-state index in [0.29, 0.717) is 29.3 Å². The van der Waals surface area contributed by atoms with E-state index in [4.69, 9.17) is 9.72 Å². The molecular formula is C70H52F2N4O. The topological polar surface area (TPSA) is 33.5 Å². The molecule has 7 heteroatoms. The first kappa shape index (κ1) is 47.1. The average Bonchev–Trinajstić information content (AvgIpc) is 4.02. The maximum Gasteiger partial charge on any atom is 0.137 e. The summed E-state index contributed by atoms with van der Waals surface area (Å²) in [6.45, 7) is 7.05. The van der Waals surface area contributed by atoms with Crippen molar-refractivity contribution in [3.05, 3.63) is 266 Å². The summed E-state index contributed by atoms with van der Waals surface area (Å²) in [6, 6.07) is 81.6. The molecule has 0 spiro atoms. The highest BCUT2D eigenvalue weighted by molar-refractivity contribution is 6.09. The summed E-state index contributed by atoms with van der Waals surface area (Å²) < 4.78 is 39.8. The molecule has 77 heavy (non-hydrogen) atoms. The zero-order valence-electron chi connectivity index (χ0n) is 42.8. The number of halogens is 2. The summed E-state index contributed by atoms with van der Waals surface area (Å²) in [5, 5.41) is 2.23. The molecule has 0 saturated heterocycles. The van der Waals surface area contributed by atoms with Crippen LogP contribution in [0.5, 0.6) is 11.5 Å². The van der Waals surface area contributed by atoms with Gasteiger partial charge in [0.05, 0.1) is 28.1 Å². The summed E-state index contributed by atoms with van der Waals surface area (Å²) in [6.07, 6.45) is 1.90. The molecule has 0 radical (unpaired) electrons. The van der Waals surface area contributed by atoms with Crippen molar-refractivity contribution in [2.45, 2.75) is 26.2 Å². The van der Waals surface area contributed by atoms with Crippen LogP contribution in [0.15, 0.2) is 249 Å². The van der Waals surface area contributed by atoms with Crippen molar-refractivity contribution in [3.8, 4) is 73.0 Å². The van der Waals surface area contributed by atoms with E-state index in [9.17, 15) is 0 Å². The molecule has 13 rings (SSSR count). The van der Waals surface area contributed by atoms with E-state index in [0.717, 1.165) is 101 Å². The Labute approximate surface area is 447 Å². The first-order chi connectivity index (χ1) is 37.6. The van der Waals surface area contributed by atoms with Crippen LogP contribution < -0.4 is 14.5 Å². The molecule has 0 fully saturated rings. The molecule has 372 valence electrons. The molecule has 1 aliphatic heterocycles. The van der Waals surface area contributed by atoms with Gasteiger partial charge in [0.1, 0.15) is 35.6 Å². The van der Waals surface area contributed by atoms with Crippen molar-refractivity contribution in [1.29, 1.82) is 0 Å². The maximum absolute atomic E-state index is 15.2. The first-order valence-electron chi connectivity index (χ1n) is 26.0. The second-order valence-corrected chi connectivity index (χ2v) is 20.7. The lowest BCUT2D eigenvalue weighted by atomic mass is 9.88. The molecule has 10 aromatic carbocycles. The Morgan fingerprint density at radius 2 is 0.974 bits per heavy atom. The van der Waals surface area contributed by atoms with Crippen LogP contribution in [0.2, 0.25) is 0 Å². The van der Waals surface area contributed by atoms with Gasteiger partial charge in [-0.15, -0.1) is 0 Å². The van der Waals surface area contributed by atoms with Gasteiger partial charge in [0.15, 0.2) is 0 Å². The van der Waals surface area contributed by atoms with Crippen molar-refractivity contribution in [2.75, 3.05) is 16.5 Å². The van der Waals surface area contributed by atoms with Crippen LogP contribution in [-0.2, 0) is 5.41 Å². The van der Waals surface area contributed by atoms with E-state index in [2.05, 4.69) is 211 Å². The Morgan fingerprint density at radius 1 is 0.416 bits per heavy atom. The number of rotatable bonds is 10. The van der Waals surface area contributed by atoms with Crippen molar-refractivity contribution in [3.63, 3.8) is 0 Å². The van der Waals surface area contributed by atoms with Crippen LogP contribution in [-0.4, -0.2) is 16.2 Å². The number of para-hydroxylation sites is 4. The lowest BCUT2D eigenvalue weighted by Crippen LogP contribution is -2.25. The maximum atomic E-state index is 15.2. The van der Waals surface area contributed by atoms with Gasteiger partial charge >= 0.3 is 0 Å². The number of aromatic nitrogens is 2.